The average Bonchev–Trinajstić information content (AvgIpc) is 3.08. The largest absolute Gasteiger partial charge is 0.508 e. The van der Waals surface area contributed by atoms with Crippen LogP contribution in [0.3, 0.4) is 0 Å². The summed E-state index contributed by atoms with van der Waals surface area (Å²) in [5, 5.41) is 114. The van der Waals surface area contributed by atoms with Crippen LogP contribution in [-0.4, -0.2) is 155 Å². The molecular formula is C32H40O18. The van der Waals surface area contributed by atoms with Gasteiger partial charge in [-0.05, 0) is 25.1 Å². The molecule has 11 N–H and O–H groups in total. The number of hydrogen-bond donors (Lipinski definition) is 11. The molecule has 2 aromatic rings. The summed E-state index contributed by atoms with van der Waals surface area (Å²) in [7, 11) is 0. The molecule has 4 aliphatic heterocycles. The Kier molecular flexibility index (Phi) is 10.7. The molecule has 4 aliphatic rings. The highest BCUT2D eigenvalue weighted by atomic mass is 16.8. The number of benzene rings is 2. The van der Waals surface area contributed by atoms with E-state index in [4.69, 9.17) is 33.2 Å². The third-order valence-electron chi connectivity index (χ3n) is 8.97. The van der Waals surface area contributed by atoms with Crippen LogP contribution < -0.4 is 4.74 Å². The molecule has 0 amide bonds. The molecular weight excluding hydrogens is 672 g/mol. The van der Waals surface area contributed by atoms with E-state index in [-0.39, 0.29) is 34.3 Å². The Labute approximate surface area is 284 Å². The quantitative estimate of drug-likeness (QED) is 0.134. The Morgan fingerprint density at radius 2 is 1.42 bits per heavy atom. The summed E-state index contributed by atoms with van der Waals surface area (Å²) in [4.78, 5) is 0. The van der Waals surface area contributed by atoms with Gasteiger partial charge in [0.05, 0.1) is 24.9 Å². The monoisotopic (exact) mass is 712 g/mol. The van der Waals surface area contributed by atoms with Crippen LogP contribution in [0.4, 0.5) is 0 Å². The van der Waals surface area contributed by atoms with E-state index in [1.807, 2.05) is 0 Å². The molecule has 0 saturated carbocycles. The van der Waals surface area contributed by atoms with Crippen LogP contribution in [-0.2, 0) is 28.4 Å². The number of aliphatic hydroxyl groups is 8. The van der Waals surface area contributed by atoms with Crippen LogP contribution in [0.5, 0.6) is 23.0 Å². The fourth-order valence-electron chi connectivity index (χ4n) is 6.03. The van der Waals surface area contributed by atoms with E-state index < -0.39 is 105 Å². The second-order valence-corrected chi connectivity index (χ2v) is 12.5. The van der Waals surface area contributed by atoms with Crippen LogP contribution in [0.25, 0.3) is 6.08 Å². The summed E-state index contributed by atoms with van der Waals surface area (Å²) in [5.74, 6) is -0.746. The van der Waals surface area contributed by atoms with Gasteiger partial charge in [0.2, 0.25) is 6.29 Å². The van der Waals surface area contributed by atoms with Gasteiger partial charge in [-0.2, -0.15) is 0 Å². The van der Waals surface area contributed by atoms with Crippen molar-refractivity contribution in [2.75, 3.05) is 13.2 Å². The zero-order valence-corrected chi connectivity index (χ0v) is 26.4. The van der Waals surface area contributed by atoms with E-state index in [0.717, 1.165) is 6.07 Å². The van der Waals surface area contributed by atoms with Crippen LogP contribution in [0, 0.1) is 0 Å². The van der Waals surface area contributed by atoms with Crippen LogP contribution in [0.15, 0.2) is 42.2 Å². The number of aromatic hydroxyl groups is 3. The zero-order chi connectivity index (χ0) is 36.0. The van der Waals surface area contributed by atoms with Crippen molar-refractivity contribution < 1.29 is 89.3 Å². The van der Waals surface area contributed by atoms with E-state index in [1.54, 1.807) is 0 Å². The smallest absolute Gasteiger partial charge is 0.229 e. The van der Waals surface area contributed by atoms with Gasteiger partial charge < -0.3 is 89.3 Å². The second-order valence-electron chi connectivity index (χ2n) is 12.5. The Morgan fingerprint density at radius 3 is 2.14 bits per heavy atom. The molecule has 3 saturated heterocycles. The fourth-order valence-corrected chi connectivity index (χ4v) is 6.03. The molecule has 3 fully saturated rings. The van der Waals surface area contributed by atoms with Crippen LogP contribution in [0.1, 0.15) is 24.2 Å². The predicted molar refractivity (Wildman–Crippen MR) is 162 cm³/mol. The molecule has 18 heteroatoms. The van der Waals surface area contributed by atoms with Crippen LogP contribution in [0.2, 0.25) is 0 Å². The molecule has 15 atom stereocenters. The first-order chi connectivity index (χ1) is 23.7. The number of hydrogen-bond acceptors (Lipinski definition) is 18. The maximum absolute atomic E-state index is 11.4. The van der Waals surface area contributed by atoms with Gasteiger partial charge in [-0.1, -0.05) is 12.1 Å². The SMILES string of the molecule is CC1OC(OCC2OC(OC3=Cc4c(O)cc(O)cc4OC3c3ccc(O)cc3)C(OC3OCC(O)C(O)C3O)C(O)C2O)C(O)C(O)C1O. The first kappa shape index (κ1) is 36.5. The molecule has 50 heavy (non-hydrogen) atoms. The Morgan fingerprint density at radius 1 is 0.720 bits per heavy atom. The maximum atomic E-state index is 11.4. The van der Waals surface area contributed by atoms with Gasteiger partial charge in [0, 0.05) is 17.7 Å². The van der Waals surface area contributed by atoms with E-state index in [1.165, 1.54) is 43.3 Å². The van der Waals surface area contributed by atoms with Gasteiger partial charge in [-0.15, -0.1) is 0 Å². The van der Waals surface area contributed by atoms with Crippen molar-refractivity contribution in [3.05, 3.63) is 53.3 Å². The molecule has 0 radical (unpaired) electrons. The molecule has 0 spiro atoms. The summed E-state index contributed by atoms with van der Waals surface area (Å²) < 4.78 is 40.6. The summed E-state index contributed by atoms with van der Waals surface area (Å²) >= 11 is 0. The van der Waals surface area contributed by atoms with Crippen molar-refractivity contribution in [1.29, 1.82) is 0 Å². The number of fused-ring (bicyclic) bond motifs is 1. The van der Waals surface area contributed by atoms with Crippen molar-refractivity contribution in [3.8, 4) is 23.0 Å². The van der Waals surface area contributed by atoms with Gasteiger partial charge in [-0.25, -0.2) is 0 Å². The minimum absolute atomic E-state index is 0.0578. The second kappa shape index (κ2) is 14.7. The third-order valence-corrected chi connectivity index (χ3v) is 8.97. The lowest BCUT2D eigenvalue weighted by Gasteiger charge is -2.46. The lowest BCUT2D eigenvalue weighted by atomic mass is 9.97. The lowest BCUT2D eigenvalue weighted by molar-refractivity contribution is -0.359. The highest BCUT2D eigenvalue weighted by Gasteiger charge is 2.51. The molecule has 2 aromatic carbocycles. The first-order valence-corrected chi connectivity index (χ1v) is 15.8. The topological polar surface area (TPSA) is 287 Å². The van der Waals surface area contributed by atoms with Crippen molar-refractivity contribution in [3.63, 3.8) is 0 Å². The highest BCUT2D eigenvalue weighted by molar-refractivity contribution is 5.69. The summed E-state index contributed by atoms with van der Waals surface area (Å²) in [6, 6.07) is 8.10. The van der Waals surface area contributed by atoms with Gasteiger partial charge in [0.25, 0.3) is 0 Å². The van der Waals surface area contributed by atoms with Crippen molar-refractivity contribution >= 4 is 6.08 Å². The van der Waals surface area contributed by atoms with E-state index in [0.29, 0.717) is 5.56 Å². The molecule has 276 valence electrons. The normalized spacial score (nSPS) is 40.3. The highest BCUT2D eigenvalue weighted by Crippen LogP contribution is 2.45. The number of phenolic OH excluding ortho intramolecular Hbond substituents is 3. The van der Waals surface area contributed by atoms with Crippen molar-refractivity contribution in [2.45, 2.75) is 99.0 Å². The standard InChI is InChI=1S/C32H40O18/c1-11-21(37)24(40)27(43)30(46-11)45-10-20-23(39)25(41)29(50-31-26(42)22(38)17(36)9-44-31)32(49-20)48-19-8-15-16(35)6-14(34)7-18(15)47-28(19)12-2-4-13(33)5-3-12/h2-8,11,17,20-43H,9-10H2,1H3. The number of aliphatic hydroxyl groups excluding tert-OH is 8. The molecule has 0 bridgehead atoms. The Bertz CT molecular complexity index is 1500. The van der Waals surface area contributed by atoms with E-state index >= 15 is 0 Å². The number of rotatable bonds is 8. The van der Waals surface area contributed by atoms with Gasteiger partial charge in [0.15, 0.2) is 24.8 Å². The lowest BCUT2D eigenvalue weighted by Crippen LogP contribution is -2.63. The maximum Gasteiger partial charge on any atom is 0.229 e. The predicted octanol–water partition coefficient (Wildman–Crippen LogP) is -2.59. The molecule has 6 rings (SSSR count). The van der Waals surface area contributed by atoms with Crippen LogP contribution >= 0.6 is 0 Å². The minimum Gasteiger partial charge on any atom is -0.508 e. The summed E-state index contributed by atoms with van der Waals surface area (Å²) in [5.41, 5.74) is 0.501. The molecule has 0 aromatic heterocycles. The fraction of sp³-hybridized carbons (Fsp3) is 0.562. The number of ether oxygens (including phenoxy) is 7. The van der Waals surface area contributed by atoms with Crippen molar-refractivity contribution in [1.82, 2.24) is 0 Å². The molecule has 0 aliphatic carbocycles. The third kappa shape index (κ3) is 7.21. The molecule has 18 nitrogen and oxygen atoms in total. The van der Waals surface area contributed by atoms with Gasteiger partial charge in [-0.3, -0.25) is 0 Å². The zero-order valence-electron chi connectivity index (χ0n) is 26.4. The first-order valence-electron chi connectivity index (χ1n) is 15.8. The average molecular weight is 713 g/mol. The number of phenols is 3. The van der Waals surface area contributed by atoms with E-state index in [9.17, 15) is 56.2 Å². The summed E-state index contributed by atoms with van der Waals surface area (Å²) in [6.45, 7) is 0.414. The molecule has 4 heterocycles. The molecule has 15 unspecified atom stereocenters. The Hall–Kier alpha value is -3.34. The summed E-state index contributed by atoms with van der Waals surface area (Å²) in [6.07, 6.45) is -22.0. The van der Waals surface area contributed by atoms with Gasteiger partial charge in [0.1, 0.15) is 83.7 Å². The Balaban J connectivity index is 1.31. The minimum atomic E-state index is -1.87. The van der Waals surface area contributed by atoms with Crippen molar-refractivity contribution in [2.24, 2.45) is 0 Å². The van der Waals surface area contributed by atoms with Gasteiger partial charge >= 0.3 is 0 Å². The van der Waals surface area contributed by atoms with E-state index in [2.05, 4.69) is 0 Å².